The van der Waals surface area contributed by atoms with E-state index < -0.39 is 23.7 Å². The molecule has 0 bridgehead atoms. The Bertz CT molecular complexity index is 818. The summed E-state index contributed by atoms with van der Waals surface area (Å²) in [5.41, 5.74) is -0.693. The summed E-state index contributed by atoms with van der Waals surface area (Å²) in [5, 5.41) is 7.27. The van der Waals surface area contributed by atoms with Crippen LogP contribution in [0.1, 0.15) is 20.3 Å². The molecule has 3 rings (SSSR count). The Morgan fingerprint density at radius 1 is 1.31 bits per heavy atom. The van der Waals surface area contributed by atoms with Crippen molar-refractivity contribution in [1.82, 2.24) is 14.7 Å². The van der Waals surface area contributed by atoms with Crippen molar-refractivity contribution >= 4 is 23.4 Å². The van der Waals surface area contributed by atoms with Gasteiger partial charge in [-0.05, 0) is 32.4 Å². The number of nitrogens with zero attached hydrogens (tertiary/aromatic N) is 3. The first-order chi connectivity index (χ1) is 12.1. The Kier molecular flexibility index (Phi) is 4.64. The first-order valence-electron chi connectivity index (χ1n) is 8.06. The molecule has 5 nitrogen and oxygen atoms in total. The highest BCUT2D eigenvalue weighted by Crippen LogP contribution is 2.44. The quantitative estimate of drug-likeness (QED) is 0.811. The fourth-order valence-electron chi connectivity index (χ4n) is 3.35. The lowest BCUT2D eigenvalue weighted by molar-refractivity contribution is -0.189. The van der Waals surface area contributed by atoms with E-state index in [0.717, 1.165) is 0 Å². The van der Waals surface area contributed by atoms with Crippen LogP contribution in [0.2, 0.25) is 5.02 Å². The maximum absolute atomic E-state index is 13.2. The number of carbonyl (C=O) groups excluding carboxylic acids is 1. The van der Waals surface area contributed by atoms with Gasteiger partial charge in [-0.3, -0.25) is 5.32 Å². The predicted octanol–water partition coefficient (Wildman–Crippen LogP) is 4.72. The zero-order valence-corrected chi connectivity index (χ0v) is 15.0. The van der Waals surface area contributed by atoms with Crippen molar-refractivity contribution in [3.05, 3.63) is 41.6 Å². The number of carbonyl (C=O) groups is 1. The molecule has 1 N–H and O–H groups in total. The molecule has 1 saturated heterocycles. The smallest absolute Gasteiger partial charge is 0.319 e. The van der Waals surface area contributed by atoms with Gasteiger partial charge in [-0.2, -0.15) is 13.2 Å². The minimum absolute atomic E-state index is 0.0359. The van der Waals surface area contributed by atoms with E-state index in [1.165, 1.54) is 23.4 Å². The van der Waals surface area contributed by atoms with Gasteiger partial charge in [0.2, 0.25) is 0 Å². The van der Waals surface area contributed by atoms with E-state index in [0.29, 0.717) is 10.7 Å². The molecule has 2 amide bonds. The molecule has 1 aromatic heterocycles. The number of hydrogen-bond acceptors (Lipinski definition) is 2. The van der Waals surface area contributed by atoms with Gasteiger partial charge in [-0.25, -0.2) is 9.48 Å². The molecule has 26 heavy (non-hydrogen) atoms. The molecule has 1 atom stereocenters. The third-order valence-corrected chi connectivity index (χ3v) is 5.07. The van der Waals surface area contributed by atoms with Crippen LogP contribution >= 0.6 is 11.6 Å². The van der Waals surface area contributed by atoms with Gasteiger partial charge in [-0.15, -0.1) is 5.10 Å². The van der Waals surface area contributed by atoms with E-state index in [1.54, 1.807) is 36.5 Å². The average Bonchev–Trinajstić information content (AvgIpc) is 3.10. The number of rotatable bonds is 2. The van der Waals surface area contributed by atoms with Crippen molar-refractivity contribution in [1.29, 1.82) is 0 Å². The lowest BCUT2D eigenvalue weighted by atomic mass is 9.88. The van der Waals surface area contributed by atoms with Crippen molar-refractivity contribution in [3.63, 3.8) is 0 Å². The third kappa shape index (κ3) is 3.38. The van der Waals surface area contributed by atoms with E-state index in [1.807, 2.05) is 0 Å². The maximum atomic E-state index is 13.2. The van der Waals surface area contributed by atoms with Crippen molar-refractivity contribution < 1.29 is 18.0 Å². The van der Waals surface area contributed by atoms with Gasteiger partial charge in [0, 0.05) is 18.8 Å². The number of para-hydroxylation sites is 1. The zero-order chi connectivity index (χ0) is 19.1. The monoisotopic (exact) mass is 386 g/mol. The number of halogens is 4. The average molecular weight is 387 g/mol. The minimum atomic E-state index is -4.34. The molecule has 1 aliphatic rings. The van der Waals surface area contributed by atoms with Crippen molar-refractivity contribution in [2.24, 2.45) is 5.92 Å². The summed E-state index contributed by atoms with van der Waals surface area (Å²) in [7, 11) is 0. The Morgan fingerprint density at radius 2 is 2.00 bits per heavy atom. The first kappa shape index (κ1) is 18.6. The Balaban J connectivity index is 1.75. The molecular formula is C17H18ClF3N4O. The van der Waals surface area contributed by atoms with E-state index >= 15 is 0 Å². The summed E-state index contributed by atoms with van der Waals surface area (Å²) < 4.78 is 41.0. The SMILES string of the molecule is CC1(C)[C@@H](C(F)(F)F)CCN1C(=O)Nc1ccn(-c2ccccc2Cl)n1. The van der Waals surface area contributed by atoms with Crippen molar-refractivity contribution in [3.8, 4) is 5.69 Å². The van der Waals surface area contributed by atoms with Gasteiger partial charge in [0.15, 0.2) is 5.82 Å². The number of anilines is 1. The van der Waals surface area contributed by atoms with Gasteiger partial charge < -0.3 is 4.90 Å². The molecule has 1 fully saturated rings. The highest BCUT2D eigenvalue weighted by molar-refractivity contribution is 6.32. The van der Waals surface area contributed by atoms with Crippen LogP contribution in [0.15, 0.2) is 36.5 Å². The maximum Gasteiger partial charge on any atom is 0.394 e. The Hall–Kier alpha value is -2.22. The van der Waals surface area contributed by atoms with Crippen LogP contribution in [0.5, 0.6) is 0 Å². The second-order valence-electron chi connectivity index (χ2n) is 6.72. The summed E-state index contributed by atoms with van der Waals surface area (Å²) in [5.74, 6) is -1.32. The van der Waals surface area contributed by atoms with Gasteiger partial charge in [-0.1, -0.05) is 23.7 Å². The Labute approximate surface area is 153 Å². The molecule has 0 spiro atoms. The van der Waals surface area contributed by atoms with Crippen molar-refractivity contribution in [2.75, 3.05) is 11.9 Å². The number of amides is 2. The number of urea groups is 1. The molecule has 1 aromatic carbocycles. The third-order valence-electron chi connectivity index (χ3n) is 4.75. The molecule has 0 unspecified atom stereocenters. The lowest BCUT2D eigenvalue weighted by Gasteiger charge is -2.36. The fraction of sp³-hybridized carbons (Fsp3) is 0.412. The molecule has 9 heteroatoms. The second kappa shape index (κ2) is 6.50. The van der Waals surface area contributed by atoms with Crippen LogP contribution < -0.4 is 5.32 Å². The van der Waals surface area contributed by atoms with E-state index in [9.17, 15) is 18.0 Å². The molecule has 2 aromatic rings. The number of aromatic nitrogens is 2. The normalized spacial score (nSPS) is 19.6. The summed E-state index contributed by atoms with van der Waals surface area (Å²) in [6.45, 7) is 2.90. The van der Waals surface area contributed by atoms with Gasteiger partial charge >= 0.3 is 12.2 Å². The minimum Gasteiger partial charge on any atom is -0.319 e. The summed E-state index contributed by atoms with van der Waals surface area (Å²) >= 11 is 6.11. The van der Waals surface area contributed by atoms with Crippen molar-refractivity contribution in [2.45, 2.75) is 32.0 Å². The lowest BCUT2D eigenvalue weighted by Crippen LogP contribution is -2.51. The molecule has 0 radical (unpaired) electrons. The molecule has 0 aliphatic carbocycles. The van der Waals surface area contributed by atoms with E-state index in [-0.39, 0.29) is 18.8 Å². The fourth-order valence-corrected chi connectivity index (χ4v) is 3.58. The zero-order valence-electron chi connectivity index (χ0n) is 14.2. The highest BCUT2D eigenvalue weighted by atomic mass is 35.5. The molecule has 0 saturated carbocycles. The predicted molar refractivity (Wildman–Crippen MR) is 92.5 cm³/mol. The number of alkyl halides is 3. The van der Waals surface area contributed by atoms with Crippen LogP contribution in [0.3, 0.4) is 0 Å². The van der Waals surface area contributed by atoms with Gasteiger partial charge in [0.05, 0.1) is 22.2 Å². The summed E-state index contributed by atoms with van der Waals surface area (Å²) in [6.07, 6.45) is -2.84. The molecule has 2 heterocycles. The van der Waals surface area contributed by atoms with Crippen LogP contribution in [0.25, 0.3) is 5.69 Å². The van der Waals surface area contributed by atoms with Gasteiger partial charge in [0.25, 0.3) is 0 Å². The standard InChI is InChI=1S/C17H18ClF3N4O/c1-16(2)13(17(19,20)21)7-9-24(16)15(26)22-14-8-10-25(23-14)12-6-4-3-5-11(12)18/h3-6,8,10,13H,7,9H2,1-2H3,(H,22,23,26)/t13-/m0/s1. The molecule has 1 aliphatic heterocycles. The number of benzene rings is 1. The van der Waals surface area contributed by atoms with Crippen LogP contribution in [0, 0.1) is 5.92 Å². The Morgan fingerprint density at radius 3 is 2.62 bits per heavy atom. The second-order valence-corrected chi connectivity index (χ2v) is 7.12. The molecular weight excluding hydrogens is 369 g/mol. The van der Waals surface area contributed by atoms with E-state index in [4.69, 9.17) is 11.6 Å². The molecule has 140 valence electrons. The van der Waals surface area contributed by atoms with E-state index in [2.05, 4.69) is 10.4 Å². The summed E-state index contributed by atoms with van der Waals surface area (Å²) in [4.78, 5) is 13.7. The summed E-state index contributed by atoms with van der Waals surface area (Å²) in [6, 6.07) is 8.01. The largest absolute Gasteiger partial charge is 0.394 e. The van der Waals surface area contributed by atoms with Gasteiger partial charge in [0.1, 0.15) is 0 Å². The number of likely N-dealkylation sites (tertiary alicyclic amines) is 1. The van der Waals surface area contributed by atoms with Crippen LogP contribution in [0.4, 0.5) is 23.8 Å². The highest BCUT2D eigenvalue weighted by Gasteiger charge is 2.56. The van der Waals surface area contributed by atoms with Crippen LogP contribution in [-0.2, 0) is 0 Å². The number of hydrogen-bond donors (Lipinski definition) is 1. The number of nitrogens with one attached hydrogen (secondary N) is 1. The topological polar surface area (TPSA) is 50.2 Å². The first-order valence-corrected chi connectivity index (χ1v) is 8.44. The van der Waals surface area contributed by atoms with Crippen LogP contribution in [-0.4, -0.2) is 39.0 Å².